The summed E-state index contributed by atoms with van der Waals surface area (Å²) in [5, 5.41) is 10.2. The SMILES string of the molecule is C[C@H](CCCOS(=O)(=O)[O-])[C@H]1CC[C@H]2[C@@H]3CC[C@@H]4C[C@H](O)CC[C@]4(C)[C@H]3CC[C@]12C.[Na+]. The van der Waals surface area contributed by atoms with Gasteiger partial charge in [-0.05, 0) is 117 Å². The molecule has 0 radical (unpaired) electrons. The van der Waals surface area contributed by atoms with Gasteiger partial charge in [0.05, 0.1) is 12.7 Å². The molecule has 7 heteroatoms. The summed E-state index contributed by atoms with van der Waals surface area (Å²) in [4.78, 5) is 0. The summed E-state index contributed by atoms with van der Waals surface area (Å²) in [5.74, 6) is 4.40. The summed E-state index contributed by atoms with van der Waals surface area (Å²) in [7, 11) is -4.57. The molecule has 4 aliphatic rings. The second-order valence-corrected chi connectivity index (χ2v) is 12.7. The van der Waals surface area contributed by atoms with Crippen molar-refractivity contribution in [3.8, 4) is 0 Å². The van der Waals surface area contributed by atoms with Crippen LogP contribution >= 0.6 is 0 Å². The minimum Gasteiger partial charge on any atom is -0.726 e. The van der Waals surface area contributed by atoms with Gasteiger partial charge in [-0.15, -0.1) is 0 Å². The van der Waals surface area contributed by atoms with Crippen molar-refractivity contribution < 1.29 is 51.8 Å². The van der Waals surface area contributed by atoms with Gasteiger partial charge in [0.25, 0.3) is 0 Å². The quantitative estimate of drug-likeness (QED) is 0.281. The van der Waals surface area contributed by atoms with E-state index in [1.54, 1.807) is 0 Å². The smallest absolute Gasteiger partial charge is 0.726 e. The second-order valence-electron chi connectivity index (χ2n) is 11.7. The number of rotatable bonds is 6. The van der Waals surface area contributed by atoms with E-state index in [4.69, 9.17) is 0 Å². The van der Waals surface area contributed by atoms with Crippen LogP contribution in [-0.2, 0) is 14.6 Å². The van der Waals surface area contributed by atoms with E-state index in [0.29, 0.717) is 35.0 Å². The molecular formula is C24H41NaO5S. The van der Waals surface area contributed by atoms with Crippen molar-refractivity contribution in [2.45, 2.75) is 97.5 Å². The maximum atomic E-state index is 10.7. The van der Waals surface area contributed by atoms with Gasteiger partial charge in [-0.1, -0.05) is 20.8 Å². The molecule has 4 aliphatic carbocycles. The largest absolute Gasteiger partial charge is 1.00 e. The first-order chi connectivity index (χ1) is 14.0. The van der Waals surface area contributed by atoms with Gasteiger partial charge in [-0.3, -0.25) is 4.18 Å². The molecule has 4 rings (SSSR count). The number of aliphatic hydroxyl groups excluding tert-OH is 1. The molecule has 0 unspecified atom stereocenters. The van der Waals surface area contributed by atoms with E-state index in [2.05, 4.69) is 25.0 Å². The third-order valence-corrected chi connectivity index (χ3v) is 10.9. The van der Waals surface area contributed by atoms with Crippen LogP contribution in [0, 0.1) is 46.3 Å². The van der Waals surface area contributed by atoms with Crippen molar-refractivity contribution in [2.75, 3.05) is 6.61 Å². The fourth-order valence-electron chi connectivity index (χ4n) is 8.98. The molecule has 0 amide bonds. The molecule has 0 aromatic heterocycles. The molecule has 31 heavy (non-hydrogen) atoms. The average molecular weight is 465 g/mol. The fraction of sp³-hybridized carbons (Fsp3) is 1.00. The van der Waals surface area contributed by atoms with Crippen molar-refractivity contribution in [1.29, 1.82) is 0 Å². The third kappa shape index (κ3) is 5.11. The van der Waals surface area contributed by atoms with E-state index in [-0.39, 0.29) is 42.3 Å². The Morgan fingerprint density at radius 3 is 2.42 bits per heavy atom. The summed E-state index contributed by atoms with van der Waals surface area (Å²) >= 11 is 0. The topological polar surface area (TPSA) is 86.7 Å². The number of aliphatic hydroxyl groups is 1. The molecule has 0 aromatic rings. The first-order valence-corrected chi connectivity index (χ1v) is 13.7. The normalized spacial score (nSPS) is 45.7. The number of hydrogen-bond acceptors (Lipinski definition) is 5. The zero-order chi connectivity index (χ0) is 21.7. The molecule has 1 N–H and O–H groups in total. The molecule has 0 bridgehead atoms. The van der Waals surface area contributed by atoms with E-state index in [9.17, 15) is 18.1 Å². The van der Waals surface area contributed by atoms with E-state index in [1.807, 2.05) is 0 Å². The van der Waals surface area contributed by atoms with Crippen molar-refractivity contribution in [1.82, 2.24) is 0 Å². The molecule has 0 saturated heterocycles. The van der Waals surface area contributed by atoms with Crippen LogP contribution in [0.1, 0.15) is 91.4 Å². The van der Waals surface area contributed by atoms with Crippen molar-refractivity contribution >= 4 is 10.4 Å². The van der Waals surface area contributed by atoms with E-state index >= 15 is 0 Å². The van der Waals surface area contributed by atoms with Crippen molar-refractivity contribution in [3.05, 3.63) is 0 Å². The molecule has 9 atom stereocenters. The Hall–Kier alpha value is 0.830. The fourth-order valence-corrected chi connectivity index (χ4v) is 9.30. The molecule has 4 saturated carbocycles. The van der Waals surface area contributed by atoms with Crippen LogP contribution in [-0.4, -0.2) is 30.8 Å². The average Bonchev–Trinajstić information content (AvgIpc) is 3.02. The van der Waals surface area contributed by atoms with Gasteiger partial charge in [-0.2, -0.15) is 0 Å². The van der Waals surface area contributed by atoms with E-state index < -0.39 is 10.4 Å². The minimum atomic E-state index is -4.57. The standard InChI is InChI=1S/C24H42O5S.Na/c1-16(5-4-14-29-30(26,27)28)20-8-9-21-19-7-6-17-15-18(25)10-12-23(17,2)22(19)11-13-24(20,21)3;/h16-22,25H,4-15H2,1-3H3,(H,26,27,28);/q;+1/p-1/t16-,17-,18-,19+,20-,21+,22+,23+,24-;/m1./s1. The van der Waals surface area contributed by atoms with Gasteiger partial charge in [0.2, 0.25) is 10.4 Å². The van der Waals surface area contributed by atoms with Crippen LogP contribution < -0.4 is 29.6 Å². The Labute approximate surface area is 211 Å². The van der Waals surface area contributed by atoms with E-state index in [1.165, 1.54) is 44.9 Å². The van der Waals surface area contributed by atoms with Gasteiger partial charge < -0.3 is 9.66 Å². The predicted octanol–water partition coefficient (Wildman–Crippen LogP) is 1.90. The first kappa shape index (κ1) is 26.4. The summed E-state index contributed by atoms with van der Waals surface area (Å²) in [6.45, 7) is 7.41. The summed E-state index contributed by atoms with van der Waals surface area (Å²) < 4.78 is 36.4. The van der Waals surface area contributed by atoms with Crippen molar-refractivity contribution in [3.63, 3.8) is 0 Å². The molecular weight excluding hydrogens is 423 g/mol. The van der Waals surface area contributed by atoms with Gasteiger partial charge in [0.1, 0.15) is 0 Å². The predicted molar refractivity (Wildman–Crippen MR) is 115 cm³/mol. The maximum absolute atomic E-state index is 10.7. The molecule has 0 aliphatic heterocycles. The van der Waals surface area contributed by atoms with Crippen LogP contribution in [0.4, 0.5) is 0 Å². The van der Waals surface area contributed by atoms with Gasteiger partial charge in [0, 0.05) is 0 Å². The van der Waals surface area contributed by atoms with Crippen LogP contribution in [0.3, 0.4) is 0 Å². The zero-order valence-corrected chi connectivity index (χ0v) is 22.8. The van der Waals surface area contributed by atoms with Crippen LogP contribution in [0.25, 0.3) is 0 Å². The monoisotopic (exact) mass is 464 g/mol. The van der Waals surface area contributed by atoms with Gasteiger partial charge in [-0.25, -0.2) is 8.42 Å². The number of fused-ring (bicyclic) bond motifs is 5. The molecule has 5 nitrogen and oxygen atoms in total. The van der Waals surface area contributed by atoms with Gasteiger partial charge in [0.15, 0.2) is 0 Å². The van der Waals surface area contributed by atoms with Crippen LogP contribution in [0.15, 0.2) is 0 Å². The summed E-state index contributed by atoms with van der Waals surface area (Å²) in [6.07, 6.45) is 12.6. The Kier molecular flexibility index (Phi) is 8.38. The summed E-state index contributed by atoms with van der Waals surface area (Å²) in [5.41, 5.74) is 0.817. The van der Waals surface area contributed by atoms with E-state index in [0.717, 1.165) is 37.0 Å². The van der Waals surface area contributed by atoms with Crippen LogP contribution in [0.5, 0.6) is 0 Å². The molecule has 0 aromatic carbocycles. The Morgan fingerprint density at radius 2 is 1.71 bits per heavy atom. The third-order valence-electron chi connectivity index (χ3n) is 10.4. The molecule has 4 fully saturated rings. The maximum Gasteiger partial charge on any atom is 1.00 e. The first-order valence-electron chi connectivity index (χ1n) is 12.3. The summed E-state index contributed by atoms with van der Waals surface area (Å²) in [6, 6.07) is 0. The Balaban J connectivity index is 0.00000272. The number of hydrogen-bond donors (Lipinski definition) is 1. The molecule has 0 heterocycles. The minimum absolute atomic E-state index is 0. The zero-order valence-electron chi connectivity index (χ0n) is 20.0. The Bertz CT molecular complexity index is 729. The van der Waals surface area contributed by atoms with Crippen molar-refractivity contribution in [2.24, 2.45) is 46.3 Å². The second kappa shape index (κ2) is 9.83. The van der Waals surface area contributed by atoms with Crippen LogP contribution in [0.2, 0.25) is 0 Å². The molecule has 0 spiro atoms. The Morgan fingerprint density at radius 1 is 1.03 bits per heavy atom. The van der Waals surface area contributed by atoms with Gasteiger partial charge >= 0.3 is 29.6 Å². The molecule has 174 valence electrons.